The highest BCUT2D eigenvalue weighted by Crippen LogP contribution is 2.23. The summed E-state index contributed by atoms with van der Waals surface area (Å²) in [6, 6.07) is 11.3. The van der Waals surface area contributed by atoms with Gasteiger partial charge >= 0.3 is 6.03 Å². The van der Waals surface area contributed by atoms with Crippen molar-refractivity contribution in [2.24, 2.45) is 5.73 Å². The largest absolute Gasteiger partial charge is 0.389 e. The maximum absolute atomic E-state index is 11.9. The van der Waals surface area contributed by atoms with Gasteiger partial charge in [-0.25, -0.2) is 4.79 Å². The summed E-state index contributed by atoms with van der Waals surface area (Å²) in [5, 5.41) is 6.20. The Morgan fingerprint density at radius 3 is 2.52 bits per heavy atom. The average molecular weight is 340 g/mol. The molecule has 0 aliphatic heterocycles. The first-order valence-electron chi connectivity index (χ1n) is 5.88. The van der Waals surface area contributed by atoms with Crippen LogP contribution < -0.4 is 16.4 Å². The van der Waals surface area contributed by atoms with E-state index in [1.165, 1.54) is 0 Å². The number of halogens is 2. The van der Waals surface area contributed by atoms with Crippen LogP contribution in [0.2, 0.25) is 10.0 Å². The van der Waals surface area contributed by atoms with Crippen LogP contribution in [0.25, 0.3) is 0 Å². The van der Waals surface area contributed by atoms with Crippen molar-refractivity contribution in [2.75, 3.05) is 10.6 Å². The highest BCUT2D eigenvalue weighted by Gasteiger charge is 2.08. The van der Waals surface area contributed by atoms with Crippen LogP contribution in [0.4, 0.5) is 16.2 Å². The summed E-state index contributed by atoms with van der Waals surface area (Å²) in [5.74, 6) is 0. The lowest BCUT2D eigenvalue weighted by Gasteiger charge is -2.10. The van der Waals surface area contributed by atoms with Gasteiger partial charge in [0, 0.05) is 16.3 Å². The van der Waals surface area contributed by atoms with Gasteiger partial charge in [0.15, 0.2) is 0 Å². The van der Waals surface area contributed by atoms with Crippen LogP contribution in [-0.4, -0.2) is 11.0 Å². The number of carbonyl (C=O) groups excluding carboxylic acids is 1. The van der Waals surface area contributed by atoms with Crippen molar-refractivity contribution in [3.05, 3.63) is 58.1 Å². The monoisotopic (exact) mass is 339 g/mol. The predicted octanol–water partition coefficient (Wildman–Crippen LogP) is 4.27. The van der Waals surface area contributed by atoms with E-state index in [-0.39, 0.29) is 4.99 Å². The molecule has 108 valence electrons. The minimum atomic E-state index is -0.445. The molecule has 2 aromatic carbocycles. The third-order valence-corrected chi connectivity index (χ3v) is 3.38. The Bertz CT molecular complexity index is 706. The topological polar surface area (TPSA) is 67.1 Å². The zero-order valence-corrected chi connectivity index (χ0v) is 13.0. The molecule has 0 saturated carbocycles. The van der Waals surface area contributed by atoms with Crippen molar-refractivity contribution in [3.8, 4) is 0 Å². The second-order valence-electron chi connectivity index (χ2n) is 4.15. The SMILES string of the molecule is NC(=S)c1ccc(Cl)c(NC(=O)Nc2cccc(Cl)c2)c1. The number of hydrogen-bond donors (Lipinski definition) is 3. The van der Waals surface area contributed by atoms with Gasteiger partial charge in [-0.2, -0.15) is 0 Å². The van der Waals surface area contributed by atoms with E-state index in [9.17, 15) is 4.79 Å². The molecule has 0 aliphatic carbocycles. The average Bonchev–Trinajstić information content (AvgIpc) is 2.41. The normalized spacial score (nSPS) is 10.0. The molecule has 2 rings (SSSR count). The number of rotatable bonds is 3. The number of nitrogens with two attached hydrogens (primary N) is 1. The van der Waals surface area contributed by atoms with Gasteiger partial charge in [0.05, 0.1) is 10.7 Å². The Labute approximate surface area is 137 Å². The Morgan fingerprint density at radius 2 is 1.86 bits per heavy atom. The summed E-state index contributed by atoms with van der Waals surface area (Å²) >= 11 is 16.8. The summed E-state index contributed by atoms with van der Waals surface area (Å²) in [6.45, 7) is 0. The molecule has 0 heterocycles. The molecular weight excluding hydrogens is 329 g/mol. The number of amides is 2. The number of anilines is 2. The van der Waals surface area contributed by atoms with Gasteiger partial charge in [-0.3, -0.25) is 0 Å². The standard InChI is InChI=1S/C14H11Cl2N3OS/c15-9-2-1-3-10(7-9)18-14(20)19-12-6-8(13(17)21)4-5-11(12)16/h1-7H,(H2,17,21)(H2,18,19,20). The van der Waals surface area contributed by atoms with E-state index >= 15 is 0 Å². The molecule has 0 unspecified atom stereocenters. The summed E-state index contributed by atoms with van der Waals surface area (Å²) in [5.41, 5.74) is 7.16. The quantitative estimate of drug-likeness (QED) is 0.731. The molecule has 0 atom stereocenters. The van der Waals surface area contributed by atoms with E-state index < -0.39 is 6.03 Å². The fraction of sp³-hybridized carbons (Fsp3) is 0. The molecule has 4 N–H and O–H groups in total. The Balaban J connectivity index is 2.12. The van der Waals surface area contributed by atoms with Crippen LogP contribution in [-0.2, 0) is 0 Å². The second kappa shape index (κ2) is 6.76. The van der Waals surface area contributed by atoms with E-state index in [2.05, 4.69) is 10.6 Å². The van der Waals surface area contributed by atoms with Gasteiger partial charge in [-0.05, 0) is 30.3 Å². The smallest absolute Gasteiger partial charge is 0.323 e. The molecule has 0 aliphatic rings. The Kier molecular flexibility index (Phi) is 5.01. The zero-order chi connectivity index (χ0) is 15.4. The summed E-state index contributed by atoms with van der Waals surface area (Å²) in [6.07, 6.45) is 0. The maximum atomic E-state index is 11.9. The fourth-order valence-electron chi connectivity index (χ4n) is 1.63. The molecule has 21 heavy (non-hydrogen) atoms. The second-order valence-corrected chi connectivity index (χ2v) is 5.43. The molecule has 0 spiro atoms. The van der Waals surface area contributed by atoms with Gasteiger partial charge in [0.1, 0.15) is 4.99 Å². The lowest BCUT2D eigenvalue weighted by atomic mass is 10.2. The number of benzene rings is 2. The van der Waals surface area contributed by atoms with E-state index in [0.717, 1.165) is 0 Å². The lowest BCUT2D eigenvalue weighted by molar-refractivity contribution is 0.262. The van der Waals surface area contributed by atoms with Gasteiger partial charge in [-0.1, -0.05) is 47.6 Å². The molecule has 4 nitrogen and oxygen atoms in total. The molecule has 7 heteroatoms. The van der Waals surface area contributed by atoms with Crippen molar-refractivity contribution >= 4 is 57.8 Å². The van der Waals surface area contributed by atoms with Crippen molar-refractivity contribution in [1.29, 1.82) is 0 Å². The molecule has 2 amide bonds. The maximum Gasteiger partial charge on any atom is 0.323 e. The van der Waals surface area contributed by atoms with Gasteiger partial charge in [0.25, 0.3) is 0 Å². The lowest BCUT2D eigenvalue weighted by Crippen LogP contribution is -2.20. The van der Waals surface area contributed by atoms with E-state index in [4.69, 9.17) is 41.2 Å². The molecule has 0 saturated heterocycles. The first-order chi connectivity index (χ1) is 9.95. The zero-order valence-electron chi connectivity index (χ0n) is 10.7. The van der Waals surface area contributed by atoms with E-state index in [1.54, 1.807) is 42.5 Å². The molecule has 0 aromatic heterocycles. The number of thiocarbonyl (C=S) groups is 1. The van der Waals surface area contributed by atoms with Crippen LogP contribution in [0, 0.1) is 0 Å². The Hall–Kier alpha value is -1.82. The summed E-state index contributed by atoms with van der Waals surface area (Å²) < 4.78 is 0. The van der Waals surface area contributed by atoms with Crippen molar-refractivity contribution in [1.82, 2.24) is 0 Å². The highest BCUT2D eigenvalue weighted by atomic mass is 35.5. The predicted molar refractivity (Wildman–Crippen MR) is 91.4 cm³/mol. The molecule has 2 aromatic rings. The summed E-state index contributed by atoms with van der Waals surface area (Å²) in [4.78, 5) is 12.2. The van der Waals surface area contributed by atoms with Crippen molar-refractivity contribution < 1.29 is 4.79 Å². The number of carbonyl (C=O) groups is 1. The van der Waals surface area contributed by atoms with Crippen LogP contribution in [0.15, 0.2) is 42.5 Å². The van der Waals surface area contributed by atoms with Crippen LogP contribution in [0.5, 0.6) is 0 Å². The molecular formula is C14H11Cl2N3OS. The number of urea groups is 1. The van der Waals surface area contributed by atoms with Gasteiger partial charge < -0.3 is 16.4 Å². The summed E-state index contributed by atoms with van der Waals surface area (Å²) in [7, 11) is 0. The first-order valence-corrected chi connectivity index (χ1v) is 7.05. The molecule has 0 radical (unpaired) electrons. The third kappa shape index (κ3) is 4.32. The Morgan fingerprint density at radius 1 is 1.10 bits per heavy atom. The van der Waals surface area contributed by atoms with E-state index in [0.29, 0.717) is 27.0 Å². The minimum absolute atomic E-state index is 0.227. The van der Waals surface area contributed by atoms with E-state index in [1.807, 2.05) is 0 Å². The van der Waals surface area contributed by atoms with Gasteiger partial charge in [-0.15, -0.1) is 0 Å². The minimum Gasteiger partial charge on any atom is -0.389 e. The van der Waals surface area contributed by atoms with Gasteiger partial charge in [0.2, 0.25) is 0 Å². The molecule has 0 bridgehead atoms. The molecule has 0 fully saturated rings. The number of hydrogen-bond acceptors (Lipinski definition) is 2. The third-order valence-electron chi connectivity index (χ3n) is 2.58. The van der Waals surface area contributed by atoms with Crippen molar-refractivity contribution in [2.45, 2.75) is 0 Å². The van der Waals surface area contributed by atoms with Crippen LogP contribution in [0.1, 0.15) is 5.56 Å². The van der Waals surface area contributed by atoms with Crippen LogP contribution >= 0.6 is 35.4 Å². The first kappa shape index (κ1) is 15.6. The fourth-order valence-corrected chi connectivity index (χ4v) is 2.11. The highest BCUT2D eigenvalue weighted by molar-refractivity contribution is 7.80. The number of nitrogens with one attached hydrogen (secondary N) is 2. The van der Waals surface area contributed by atoms with Crippen molar-refractivity contribution in [3.63, 3.8) is 0 Å². The van der Waals surface area contributed by atoms with Crippen LogP contribution in [0.3, 0.4) is 0 Å².